The highest BCUT2D eigenvalue weighted by atomic mass is 35.5. The van der Waals surface area contributed by atoms with E-state index in [2.05, 4.69) is 15.6 Å². The van der Waals surface area contributed by atoms with Crippen LogP contribution in [0.1, 0.15) is 62.7 Å². The van der Waals surface area contributed by atoms with E-state index in [0.717, 1.165) is 38.5 Å². The Kier molecular flexibility index (Phi) is 6.30. The van der Waals surface area contributed by atoms with Gasteiger partial charge in [-0.1, -0.05) is 11.6 Å². The Morgan fingerprint density at radius 3 is 2.43 bits per heavy atom. The monoisotopic (exact) mass is 441 g/mol. The zero-order chi connectivity index (χ0) is 22.2. The Bertz CT molecular complexity index is 802. The normalized spacial score (nSPS) is 26.7. The molecule has 0 aliphatic heterocycles. The first kappa shape index (κ1) is 22.7. The van der Waals surface area contributed by atoms with Crippen LogP contribution >= 0.6 is 11.6 Å². The summed E-state index contributed by atoms with van der Waals surface area (Å²) in [6, 6.07) is 1.59. The summed E-state index contributed by atoms with van der Waals surface area (Å²) in [7, 11) is 1.43. The van der Waals surface area contributed by atoms with Crippen LogP contribution in [0.25, 0.3) is 0 Å². The maximum Gasteiger partial charge on any atom is 0.311 e. The van der Waals surface area contributed by atoms with Crippen LogP contribution in [0.15, 0.2) is 12.3 Å². The number of carbonyl (C=O) groups is 2. The van der Waals surface area contributed by atoms with Crippen LogP contribution in [-0.2, 0) is 9.53 Å². The van der Waals surface area contributed by atoms with Crippen LogP contribution in [0.2, 0.25) is 5.15 Å². The van der Waals surface area contributed by atoms with Crippen molar-refractivity contribution in [2.24, 2.45) is 5.41 Å². The Labute approximate surface area is 180 Å². The van der Waals surface area contributed by atoms with E-state index in [4.69, 9.17) is 16.3 Å². The minimum Gasteiger partial charge on any atom is -0.469 e. The highest BCUT2D eigenvalue weighted by molar-refractivity contribution is 6.29. The number of hydrogen-bond acceptors (Lipinski definition) is 6. The molecule has 3 aliphatic carbocycles. The molecule has 0 radical (unpaired) electrons. The molecule has 166 valence electrons. The number of methoxy groups -OCH3 is 1. The van der Waals surface area contributed by atoms with Crippen molar-refractivity contribution in [1.82, 2.24) is 10.3 Å². The molecule has 0 saturated heterocycles. The lowest BCUT2D eigenvalue weighted by Crippen LogP contribution is -2.53. The molecule has 0 aromatic carbocycles. The summed E-state index contributed by atoms with van der Waals surface area (Å²) < 4.78 is 19.0. The quantitative estimate of drug-likeness (QED) is 0.443. The minimum atomic E-state index is -1.61. The second kappa shape index (κ2) is 8.30. The SMILES string of the molecule is COC(=O)C12CCC(Nc3cc(Cl)ncc3C(=O)NCC(F)C(C)(C)O)(CC1)CC2. The maximum atomic E-state index is 14.0. The third-order valence-corrected chi connectivity index (χ3v) is 6.79. The first-order chi connectivity index (χ1) is 14.0. The van der Waals surface area contributed by atoms with E-state index in [9.17, 15) is 19.1 Å². The van der Waals surface area contributed by atoms with Crippen LogP contribution < -0.4 is 10.6 Å². The topological polar surface area (TPSA) is 101 Å². The Morgan fingerprint density at radius 1 is 1.30 bits per heavy atom. The summed E-state index contributed by atoms with van der Waals surface area (Å²) in [4.78, 5) is 28.9. The lowest BCUT2D eigenvalue weighted by atomic mass is 9.57. The summed E-state index contributed by atoms with van der Waals surface area (Å²) in [6.07, 6.45) is 4.24. The van der Waals surface area contributed by atoms with Gasteiger partial charge < -0.3 is 20.5 Å². The van der Waals surface area contributed by atoms with E-state index in [1.54, 1.807) is 6.07 Å². The number of rotatable bonds is 7. The molecule has 1 aromatic heterocycles. The summed E-state index contributed by atoms with van der Waals surface area (Å²) in [5.74, 6) is -0.643. The zero-order valence-electron chi connectivity index (χ0n) is 17.6. The number of ether oxygens (including phenoxy) is 1. The molecule has 1 amide bonds. The minimum absolute atomic E-state index is 0.143. The molecule has 1 aromatic rings. The molecule has 3 saturated carbocycles. The molecule has 3 fully saturated rings. The van der Waals surface area contributed by atoms with Crippen LogP contribution in [-0.4, -0.2) is 52.9 Å². The van der Waals surface area contributed by atoms with E-state index < -0.39 is 23.1 Å². The molecular weight excluding hydrogens is 413 g/mol. The van der Waals surface area contributed by atoms with Crippen molar-refractivity contribution in [1.29, 1.82) is 0 Å². The molecule has 1 atom stereocenters. The van der Waals surface area contributed by atoms with Crippen molar-refractivity contribution in [3.8, 4) is 0 Å². The Balaban J connectivity index is 1.74. The van der Waals surface area contributed by atoms with Gasteiger partial charge in [0, 0.05) is 11.7 Å². The van der Waals surface area contributed by atoms with Gasteiger partial charge >= 0.3 is 5.97 Å². The molecule has 0 spiro atoms. The van der Waals surface area contributed by atoms with Gasteiger partial charge in [-0.25, -0.2) is 9.37 Å². The fraction of sp³-hybridized carbons (Fsp3) is 0.667. The second-order valence-corrected chi connectivity index (χ2v) is 9.45. The molecule has 4 rings (SSSR count). The fourth-order valence-corrected chi connectivity index (χ4v) is 4.58. The molecule has 1 unspecified atom stereocenters. The number of anilines is 1. The average Bonchev–Trinajstić information content (AvgIpc) is 2.71. The number of halogens is 2. The van der Waals surface area contributed by atoms with E-state index in [0.29, 0.717) is 5.69 Å². The van der Waals surface area contributed by atoms with Crippen molar-refractivity contribution in [2.45, 2.75) is 69.7 Å². The summed E-state index contributed by atoms with van der Waals surface area (Å²) in [5, 5.41) is 16.0. The van der Waals surface area contributed by atoms with Crippen molar-refractivity contribution in [3.05, 3.63) is 23.0 Å². The van der Waals surface area contributed by atoms with E-state index in [1.165, 1.54) is 27.2 Å². The van der Waals surface area contributed by atoms with Gasteiger partial charge in [0.15, 0.2) is 0 Å². The molecule has 9 heteroatoms. The van der Waals surface area contributed by atoms with Gasteiger partial charge in [-0.15, -0.1) is 0 Å². The second-order valence-electron chi connectivity index (χ2n) is 9.06. The number of alkyl halides is 1. The zero-order valence-corrected chi connectivity index (χ0v) is 18.3. The fourth-order valence-electron chi connectivity index (χ4n) is 4.42. The number of nitrogens with one attached hydrogen (secondary N) is 2. The number of nitrogens with zero attached hydrogens (tertiary/aromatic N) is 1. The number of aliphatic hydroxyl groups is 1. The van der Waals surface area contributed by atoms with Crippen LogP contribution in [0.4, 0.5) is 10.1 Å². The van der Waals surface area contributed by atoms with Gasteiger partial charge in [-0.2, -0.15) is 0 Å². The summed E-state index contributed by atoms with van der Waals surface area (Å²) in [5.41, 5.74) is -1.42. The largest absolute Gasteiger partial charge is 0.469 e. The lowest BCUT2D eigenvalue weighted by Gasteiger charge is -2.52. The number of fused-ring (bicyclic) bond motifs is 3. The van der Waals surface area contributed by atoms with Gasteiger partial charge in [0.05, 0.1) is 35.9 Å². The van der Waals surface area contributed by atoms with Crippen molar-refractivity contribution < 1.29 is 23.8 Å². The summed E-state index contributed by atoms with van der Waals surface area (Å²) in [6.45, 7) is 2.37. The number of carbonyl (C=O) groups excluding carboxylic acids is 2. The first-order valence-corrected chi connectivity index (χ1v) is 10.5. The predicted octanol–water partition coefficient (Wildman–Crippen LogP) is 3.25. The average molecular weight is 442 g/mol. The molecule has 1 heterocycles. The van der Waals surface area contributed by atoms with Gasteiger partial charge in [-0.05, 0) is 58.4 Å². The molecule has 3 N–H and O–H groups in total. The number of esters is 1. The Hall–Kier alpha value is -1.93. The number of aromatic nitrogens is 1. The maximum absolute atomic E-state index is 14.0. The van der Waals surface area contributed by atoms with E-state index >= 15 is 0 Å². The third kappa shape index (κ3) is 4.54. The molecular formula is C21H29ClFN3O4. The Morgan fingerprint density at radius 2 is 1.90 bits per heavy atom. The number of amides is 1. The highest BCUT2D eigenvalue weighted by Gasteiger charge is 2.53. The van der Waals surface area contributed by atoms with Crippen molar-refractivity contribution in [3.63, 3.8) is 0 Å². The van der Waals surface area contributed by atoms with E-state index in [-0.39, 0.29) is 28.8 Å². The van der Waals surface area contributed by atoms with Crippen LogP contribution in [0.5, 0.6) is 0 Å². The highest BCUT2D eigenvalue weighted by Crippen LogP contribution is 2.54. The first-order valence-electron chi connectivity index (χ1n) is 10.2. The predicted molar refractivity (Wildman–Crippen MR) is 111 cm³/mol. The smallest absolute Gasteiger partial charge is 0.311 e. The van der Waals surface area contributed by atoms with E-state index in [1.807, 2.05) is 0 Å². The molecule has 3 aliphatic rings. The lowest BCUT2D eigenvalue weighted by molar-refractivity contribution is -0.159. The van der Waals surface area contributed by atoms with Crippen LogP contribution in [0, 0.1) is 5.41 Å². The molecule has 30 heavy (non-hydrogen) atoms. The van der Waals surface area contributed by atoms with Crippen molar-refractivity contribution >= 4 is 29.2 Å². The number of hydrogen-bond donors (Lipinski definition) is 3. The molecule has 2 bridgehead atoms. The van der Waals surface area contributed by atoms with Gasteiger partial charge in [0.1, 0.15) is 11.3 Å². The third-order valence-electron chi connectivity index (χ3n) is 6.59. The summed E-state index contributed by atoms with van der Waals surface area (Å²) >= 11 is 6.07. The van der Waals surface area contributed by atoms with Crippen molar-refractivity contribution in [2.75, 3.05) is 19.0 Å². The standard InChI is InChI=1S/C21H29ClFN3O4/c1-19(2,29)15(23)12-25-17(27)13-11-24-16(22)10-14(13)26-21-7-4-20(5-8-21,6-9-21)18(28)30-3/h10-11,15,29H,4-9,12H2,1-3H3,(H,24,26)(H,25,27). The number of pyridine rings is 1. The van der Waals surface area contributed by atoms with Crippen LogP contribution in [0.3, 0.4) is 0 Å². The van der Waals surface area contributed by atoms with Gasteiger partial charge in [-0.3, -0.25) is 9.59 Å². The molecule has 7 nitrogen and oxygen atoms in total. The van der Waals surface area contributed by atoms with Gasteiger partial charge in [0.25, 0.3) is 5.91 Å². The van der Waals surface area contributed by atoms with Gasteiger partial charge in [0.2, 0.25) is 0 Å².